The van der Waals surface area contributed by atoms with Crippen LogP contribution in [-0.4, -0.2) is 16.8 Å². The van der Waals surface area contributed by atoms with E-state index >= 15 is 0 Å². The molecule has 0 saturated carbocycles. The monoisotopic (exact) mass is 171 g/mol. The Morgan fingerprint density at radius 1 is 1.18 bits per heavy atom. The summed E-state index contributed by atoms with van der Waals surface area (Å²) in [5.74, 6) is 0. The minimum atomic E-state index is -2.00. The highest BCUT2D eigenvalue weighted by Crippen LogP contribution is 2.32. The second kappa shape index (κ2) is 3.67. The third-order valence-corrected chi connectivity index (χ3v) is 2.17. The molecule has 0 aliphatic carbocycles. The molecule has 11 heavy (non-hydrogen) atoms. The Hall–Kier alpha value is -0.630. The van der Waals surface area contributed by atoms with Gasteiger partial charge in [0, 0.05) is 12.7 Å². The van der Waals surface area contributed by atoms with Gasteiger partial charge in [-0.3, -0.25) is 0 Å². The highest BCUT2D eigenvalue weighted by atomic mass is 31.2. The summed E-state index contributed by atoms with van der Waals surface area (Å²) in [7, 11) is -0.365. The molecule has 1 aromatic carbocycles. The van der Waals surface area contributed by atoms with Gasteiger partial charge >= 0.3 is 0 Å². The van der Waals surface area contributed by atoms with Crippen LogP contribution in [0.5, 0.6) is 0 Å². The van der Waals surface area contributed by atoms with Gasteiger partial charge in [0.1, 0.15) is 0 Å². The lowest BCUT2D eigenvalue weighted by molar-refractivity contribution is 0.480. The summed E-state index contributed by atoms with van der Waals surface area (Å²) in [6, 6.07) is 9.23. The second-order valence-corrected chi connectivity index (χ2v) is 3.26. The molecule has 2 N–H and O–H groups in total. The standard InChI is InChI=1S/C7H10NO2P/c1-8(11(9)10)7-5-3-2-4-6-7/h2-6,9-10H,1H3. The van der Waals surface area contributed by atoms with Gasteiger partial charge in [-0.25, -0.2) is 0 Å². The van der Waals surface area contributed by atoms with Crippen molar-refractivity contribution in [3.05, 3.63) is 30.3 Å². The molecule has 0 radical (unpaired) electrons. The molecule has 0 fully saturated rings. The fourth-order valence-electron chi connectivity index (χ4n) is 0.747. The summed E-state index contributed by atoms with van der Waals surface area (Å²) in [4.78, 5) is 17.6. The molecule has 0 bridgehead atoms. The first-order valence-corrected chi connectivity index (χ1v) is 4.38. The summed E-state index contributed by atoms with van der Waals surface area (Å²) in [5, 5.41) is 0. The maximum Gasteiger partial charge on any atom is 0.284 e. The number of rotatable bonds is 2. The molecular weight excluding hydrogens is 161 g/mol. The average Bonchev–Trinajstić information content (AvgIpc) is 2.05. The van der Waals surface area contributed by atoms with E-state index < -0.39 is 8.53 Å². The molecule has 0 saturated heterocycles. The van der Waals surface area contributed by atoms with Crippen molar-refractivity contribution in [2.45, 2.75) is 0 Å². The van der Waals surface area contributed by atoms with Crippen LogP contribution in [0.3, 0.4) is 0 Å². The normalized spacial score (nSPS) is 10.2. The lowest BCUT2D eigenvalue weighted by Crippen LogP contribution is -2.08. The van der Waals surface area contributed by atoms with Gasteiger partial charge in [0.05, 0.1) is 0 Å². The molecule has 1 rings (SSSR count). The van der Waals surface area contributed by atoms with Crippen LogP contribution in [0.25, 0.3) is 0 Å². The molecule has 0 aromatic heterocycles. The number of anilines is 1. The summed E-state index contributed by atoms with van der Waals surface area (Å²) in [5.41, 5.74) is 0.809. The number of hydrogen-bond donors (Lipinski definition) is 2. The Morgan fingerprint density at radius 3 is 2.18 bits per heavy atom. The van der Waals surface area contributed by atoms with E-state index in [0.717, 1.165) is 5.69 Å². The fraction of sp³-hybridized carbons (Fsp3) is 0.143. The minimum Gasteiger partial charge on any atom is -0.333 e. The number of nitrogens with zero attached hydrogens (tertiary/aromatic N) is 1. The topological polar surface area (TPSA) is 43.7 Å². The Bertz CT molecular complexity index is 215. The van der Waals surface area contributed by atoms with Crippen molar-refractivity contribution in [3.63, 3.8) is 0 Å². The van der Waals surface area contributed by atoms with Gasteiger partial charge in [0.15, 0.2) is 0 Å². The third-order valence-electron chi connectivity index (χ3n) is 1.40. The molecule has 4 heteroatoms. The molecule has 0 aliphatic rings. The predicted molar refractivity (Wildman–Crippen MR) is 46.2 cm³/mol. The Labute approximate surface area is 66.9 Å². The van der Waals surface area contributed by atoms with Gasteiger partial charge in [-0.2, -0.15) is 0 Å². The summed E-state index contributed by atoms with van der Waals surface area (Å²) < 4.78 is 1.43. The van der Waals surface area contributed by atoms with Gasteiger partial charge in [-0.05, 0) is 12.1 Å². The minimum absolute atomic E-state index is 0.809. The molecule has 0 atom stereocenters. The van der Waals surface area contributed by atoms with E-state index in [1.54, 1.807) is 7.05 Å². The molecule has 0 amide bonds. The summed E-state index contributed by atoms with van der Waals surface area (Å²) >= 11 is 0. The number of hydrogen-bond acceptors (Lipinski definition) is 3. The average molecular weight is 171 g/mol. The van der Waals surface area contributed by atoms with Crippen LogP contribution in [0.1, 0.15) is 0 Å². The van der Waals surface area contributed by atoms with Crippen molar-refractivity contribution in [3.8, 4) is 0 Å². The van der Waals surface area contributed by atoms with Crippen molar-refractivity contribution in [1.82, 2.24) is 0 Å². The van der Waals surface area contributed by atoms with Gasteiger partial charge in [-0.15, -0.1) is 0 Å². The van der Waals surface area contributed by atoms with Crippen LogP contribution in [0.2, 0.25) is 0 Å². The van der Waals surface area contributed by atoms with E-state index in [2.05, 4.69) is 0 Å². The van der Waals surface area contributed by atoms with Crippen molar-refractivity contribution in [1.29, 1.82) is 0 Å². The van der Waals surface area contributed by atoms with E-state index in [9.17, 15) is 0 Å². The van der Waals surface area contributed by atoms with Crippen LogP contribution < -0.4 is 4.67 Å². The number of para-hydroxylation sites is 1. The maximum absolute atomic E-state index is 8.82. The van der Waals surface area contributed by atoms with Crippen LogP contribution in [0, 0.1) is 0 Å². The van der Waals surface area contributed by atoms with Gasteiger partial charge in [-0.1, -0.05) is 18.2 Å². The van der Waals surface area contributed by atoms with Gasteiger partial charge in [0.2, 0.25) is 0 Å². The first kappa shape index (κ1) is 8.47. The molecule has 0 heterocycles. The van der Waals surface area contributed by atoms with E-state index in [1.165, 1.54) is 4.67 Å². The SMILES string of the molecule is CN(c1ccccc1)P(O)O. The van der Waals surface area contributed by atoms with E-state index in [1.807, 2.05) is 30.3 Å². The zero-order valence-electron chi connectivity index (χ0n) is 6.18. The van der Waals surface area contributed by atoms with Gasteiger partial charge < -0.3 is 14.5 Å². The van der Waals surface area contributed by atoms with Crippen LogP contribution in [-0.2, 0) is 0 Å². The highest BCUT2D eigenvalue weighted by Gasteiger charge is 2.07. The largest absolute Gasteiger partial charge is 0.333 e. The van der Waals surface area contributed by atoms with Crippen molar-refractivity contribution in [2.75, 3.05) is 11.7 Å². The maximum atomic E-state index is 8.82. The van der Waals surface area contributed by atoms with Crippen molar-refractivity contribution < 1.29 is 9.79 Å². The third kappa shape index (κ3) is 2.15. The van der Waals surface area contributed by atoms with Crippen LogP contribution in [0.15, 0.2) is 30.3 Å². The molecule has 0 spiro atoms. The summed E-state index contributed by atoms with van der Waals surface area (Å²) in [6.07, 6.45) is 0. The molecular formula is C7H10NO2P. The second-order valence-electron chi connectivity index (χ2n) is 2.13. The van der Waals surface area contributed by atoms with Crippen LogP contribution in [0.4, 0.5) is 5.69 Å². The van der Waals surface area contributed by atoms with E-state index in [-0.39, 0.29) is 0 Å². The lowest BCUT2D eigenvalue weighted by atomic mass is 10.3. The van der Waals surface area contributed by atoms with Gasteiger partial charge in [0.25, 0.3) is 8.53 Å². The Morgan fingerprint density at radius 2 is 1.73 bits per heavy atom. The lowest BCUT2D eigenvalue weighted by Gasteiger charge is -2.18. The first-order valence-electron chi connectivity index (χ1n) is 3.18. The zero-order chi connectivity index (χ0) is 8.27. The van der Waals surface area contributed by atoms with E-state index in [0.29, 0.717) is 0 Å². The van der Waals surface area contributed by atoms with E-state index in [4.69, 9.17) is 9.79 Å². The Balaban J connectivity index is 2.77. The fourth-order valence-corrected chi connectivity index (χ4v) is 1.09. The smallest absolute Gasteiger partial charge is 0.284 e. The summed E-state index contributed by atoms with van der Waals surface area (Å²) in [6.45, 7) is 0. The molecule has 0 aliphatic heterocycles. The van der Waals surface area contributed by atoms with Crippen molar-refractivity contribution in [2.24, 2.45) is 0 Å². The van der Waals surface area contributed by atoms with Crippen molar-refractivity contribution >= 4 is 14.2 Å². The van der Waals surface area contributed by atoms with Crippen LogP contribution >= 0.6 is 8.53 Å². The molecule has 1 aromatic rings. The molecule has 60 valence electrons. The first-order chi connectivity index (χ1) is 5.22. The zero-order valence-corrected chi connectivity index (χ0v) is 7.07. The number of benzene rings is 1. The Kier molecular flexibility index (Phi) is 2.83. The molecule has 0 unspecified atom stereocenters. The highest BCUT2D eigenvalue weighted by molar-refractivity contribution is 7.47. The predicted octanol–water partition coefficient (Wildman–Crippen LogP) is 1.33. The molecule has 3 nitrogen and oxygen atoms in total. The quantitative estimate of drug-likeness (QED) is 0.660.